The maximum absolute atomic E-state index is 13.2. The Morgan fingerprint density at radius 2 is 1.83 bits per heavy atom. The third-order valence-electron chi connectivity index (χ3n) is 4.57. The number of thioether (sulfide) groups is 1. The van der Waals surface area contributed by atoms with Gasteiger partial charge in [-0.15, -0.1) is 10.2 Å². The van der Waals surface area contributed by atoms with E-state index in [1.807, 2.05) is 23.6 Å². The molecule has 0 fully saturated rings. The molecule has 2 aromatic carbocycles. The summed E-state index contributed by atoms with van der Waals surface area (Å²) < 4.78 is 21.1. The Hall–Kier alpha value is -2.05. The molecule has 0 aliphatic carbocycles. The van der Waals surface area contributed by atoms with Gasteiger partial charge in [-0.2, -0.15) is 0 Å². The van der Waals surface area contributed by atoms with Gasteiger partial charge in [-0.3, -0.25) is 0 Å². The molecular formula is C22H25ClFN3OS. The van der Waals surface area contributed by atoms with E-state index < -0.39 is 0 Å². The molecule has 7 heteroatoms. The van der Waals surface area contributed by atoms with Crippen molar-refractivity contribution in [2.75, 3.05) is 0 Å². The Morgan fingerprint density at radius 3 is 2.45 bits per heavy atom. The zero-order chi connectivity index (χ0) is 21.0. The summed E-state index contributed by atoms with van der Waals surface area (Å²) in [6, 6.07) is 12.6. The van der Waals surface area contributed by atoms with Crippen LogP contribution in [0.1, 0.15) is 44.6 Å². The average Bonchev–Trinajstić information content (AvgIpc) is 3.07. The SMILES string of the molecule is CCn1c(COc2ccc(C(C)(C)C)cc2)nnc1SCc1ccc(F)cc1Cl. The van der Waals surface area contributed by atoms with Crippen molar-refractivity contribution in [2.24, 2.45) is 0 Å². The Morgan fingerprint density at radius 1 is 1.10 bits per heavy atom. The van der Waals surface area contributed by atoms with Crippen molar-refractivity contribution < 1.29 is 9.13 Å². The number of ether oxygens (including phenoxy) is 1. The first-order valence-corrected chi connectivity index (χ1v) is 10.9. The van der Waals surface area contributed by atoms with Crippen LogP contribution in [0.15, 0.2) is 47.6 Å². The second kappa shape index (κ2) is 9.18. The van der Waals surface area contributed by atoms with Crippen molar-refractivity contribution in [2.45, 2.75) is 57.2 Å². The lowest BCUT2D eigenvalue weighted by Gasteiger charge is -2.19. The number of hydrogen-bond donors (Lipinski definition) is 0. The molecule has 4 nitrogen and oxygen atoms in total. The number of hydrogen-bond acceptors (Lipinski definition) is 4. The van der Waals surface area contributed by atoms with Crippen molar-refractivity contribution in [3.63, 3.8) is 0 Å². The van der Waals surface area contributed by atoms with Crippen LogP contribution >= 0.6 is 23.4 Å². The Kier molecular flexibility index (Phi) is 6.85. The average molecular weight is 434 g/mol. The monoisotopic (exact) mass is 433 g/mol. The van der Waals surface area contributed by atoms with Gasteiger partial charge < -0.3 is 9.30 Å². The highest BCUT2D eigenvalue weighted by Gasteiger charge is 2.15. The largest absolute Gasteiger partial charge is 0.486 e. The summed E-state index contributed by atoms with van der Waals surface area (Å²) in [6.45, 7) is 9.67. The summed E-state index contributed by atoms with van der Waals surface area (Å²) in [5, 5.41) is 9.77. The summed E-state index contributed by atoms with van der Waals surface area (Å²) in [5.41, 5.74) is 2.24. The normalized spacial score (nSPS) is 11.7. The first kappa shape index (κ1) is 21.7. The molecule has 1 heterocycles. The van der Waals surface area contributed by atoms with Crippen LogP contribution in [0.2, 0.25) is 5.02 Å². The Bertz CT molecular complexity index is 967. The topological polar surface area (TPSA) is 39.9 Å². The van der Waals surface area contributed by atoms with E-state index in [9.17, 15) is 4.39 Å². The van der Waals surface area contributed by atoms with Gasteiger partial charge in [0, 0.05) is 17.3 Å². The fourth-order valence-electron chi connectivity index (χ4n) is 2.83. The molecule has 3 rings (SSSR count). The fourth-order valence-corrected chi connectivity index (χ4v) is 4.17. The lowest BCUT2D eigenvalue weighted by molar-refractivity contribution is 0.288. The lowest BCUT2D eigenvalue weighted by Crippen LogP contribution is -2.11. The Labute approximate surface area is 180 Å². The van der Waals surface area contributed by atoms with E-state index in [1.54, 1.807) is 6.07 Å². The minimum Gasteiger partial charge on any atom is -0.486 e. The molecule has 0 aliphatic rings. The molecule has 0 unspecified atom stereocenters. The fraction of sp³-hybridized carbons (Fsp3) is 0.364. The predicted octanol–water partition coefficient (Wildman–Crippen LogP) is 6.26. The number of nitrogens with zero attached hydrogens (tertiary/aromatic N) is 3. The van der Waals surface area contributed by atoms with E-state index in [0.717, 1.165) is 28.8 Å². The van der Waals surface area contributed by atoms with Crippen LogP contribution in [0.4, 0.5) is 4.39 Å². The van der Waals surface area contributed by atoms with Crippen molar-refractivity contribution in [1.82, 2.24) is 14.8 Å². The van der Waals surface area contributed by atoms with Gasteiger partial charge in [0.2, 0.25) is 0 Å². The zero-order valence-corrected chi connectivity index (χ0v) is 18.6. The lowest BCUT2D eigenvalue weighted by atomic mass is 9.87. The van der Waals surface area contributed by atoms with Gasteiger partial charge in [-0.25, -0.2) is 4.39 Å². The van der Waals surface area contributed by atoms with Crippen LogP contribution < -0.4 is 4.74 Å². The molecular weight excluding hydrogens is 409 g/mol. The van der Waals surface area contributed by atoms with Crippen molar-refractivity contribution in [1.29, 1.82) is 0 Å². The van der Waals surface area contributed by atoms with Gasteiger partial charge in [0.15, 0.2) is 11.0 Å². The number of benzene rings is 2. The standard InChI is InChI=1S/C22H25ClFN3OS/c1-5-27-20(13-28-18-10-7-16(8-11-18)22(2,3)4)25-26-21(27)29-14-15-6-9-17(24)12-19(15)23/h6-12H,5,13-14H2,1-4H3. The van der Waals surface area contributed by atoms with Crippen LogP contribution in [0.5, 0.6) is 5.75 Å². The van der Waals surface area contributed by atoms with Crippen molar-refractivity contribution in [3.8, 4) is 5.75 Å². The summed E-state index contributed by atoms with van der Waals surface area (Å²) in [5.74, 6) is 1.82. The smallest absolute Gasteiger partial charge is 0.191 e. The maximum atomic E-state index is 13.2. The second-order valence-corrected chi connectivity index (χ2v) is 9.08. The molecule has 0 N–H and O–H groups in total. The minimum absolute atomic E-state index is 0.112. The van der Waals surface area contributed by atoms with Gasteiger partial charge in [-0.1, -0.05) is 62.3 Å². The molecule has 0 bridgehead atoms. The van der Waals surface area contributed by atoms with Gasteiger partial charge in [0.25, 0.3) is 0 Å². The molecule has 0 atom stereocenters. The minimum atomic E-state index is -0.338. The van der Waals surface area contributed by atoms with Crippen LogP contribution in [-0.4, -0.2) is 14.8 Å². The zero-order valence-electron chi connectivity index (χ0n) is 17.1. The van der Waals surface area contributed by atoms with Crippen molar-refractivity contribution >= 4 is 23.4 Å². The second-order valence-electron chi connectivity index (χ2n) is 7.73. The van der Waals surface area contributed by atoms with Crippen LogP contribution in [0, 0.1) is 5.82 Å². The van der Waals surface area contributed by atoms with Gasteiger partial charge in [0.1, 0.15) is 18.2 Å². The van der Waals surface area contributed by atoms with Crippen LogP contribution in [0.3, 0.4) is 0 Å². The van der Waals surface area contributed by atoms with E-state index in [-0.39, 0.29) is 11.2 Å². The van der Waals surface area contributed by atoms with Gasteiger partial charge in [-0.05, 0) is 47.7 Å². The third kappa shape index (κ3) is 5.52. The predicted molar refractivity (Wildman–Crippen MR) is 116 cm³/mol. The molecule has 0 aliphatic heterocycles. The molecule has 1 aromatic heterocycles. The van der Waals surface area contributed by atoms with Gasteiger partial charge in [0.05, 0.1) is 0 Å². The van der Waals surface area contributed by atoms with E-state index >= 15 is 0 Å². The highest BCUT2D eigenvalue weighted by Crippen LogP contribution is 2.28. The van der Waals surface area contributed by atoms with Crippen LogP contribution in [0.25, 0.3) is 0 Å². The van der Waals surface area contributed by atoms with E-state index in [0.29, 0.717) is 17.4 Å². The highest BCUT2D eigenvalue weighted by atomic mass is 35.5. The quantitative estimate of drug-likeness (QED) is 0.412. The summed E-state index contributed by atoms with van der Waals surface area (Å²) >= 11 is 7.63. The molecule has 0 saturated heterocycles. The highest BCUT2D eigenvalue weighted by molar-refractivity contribution is 7.98. The molecule has 0 amide bonds. The first-order valence-electron chi connectivity index (χ1n) is 9.50. The van der Waals surface area contributed by atoms with Crippen molar-refractivity contribution in [3.05, 3.63) is 70.3 Å². The van der Waals surface area contributed by atoms with E-state index in [1.165, 1.54) is 29.5 Å². The van der Waals surface area contributed by atoms with E-state index in [4.69, 9.17) is 16.3 Å². The Balaban J connectivity index is 1.64. The third-order valence-corrected chi connectivity index (χ3v) is 5.94. The molecule has 3 aromatic rings. The van der Waals surface area contributed by atoms with Crippen LogP contribution in [-0.2, 0) is 24.3 Å². The maximum Gasteiger partial charge on any atom is 0.191 e. The van der Waals surface area contributed by atoms with Gasteiger partial charge >= 0.3 is 0 Å². The first-order chi connectivity index (χ1) is 13.8. The van der Waals surface area contributed by atoms with E-state index in [2.05, 4.69) is 43.1 Å². The number of rotatable bonds is 7. The summed E-state index contributed by atoms with van der Waals surface area (Å²) in [4.78, 5) is 0. The molecule has 29 heavy (non-hydrogen) atoms. The molecule has 0 saturated carbocycles. The number of aromatic nitrogens is 3. The summed E-state index contributed by atoms with van der Waals surface area (Å²) in [7, 11) is 0. The number of halogens is 2. The molecule has 0 radical (unpaired) electrons. The molecule has 0 spiro atoms. The molecule has 154 valence electrons. The summed E-state index contributed by atoms with van der Waals surface area (Å²) in [6.07, 6.45) is 0.